The molecule has 0 amide bonds. The largest absolute Gasteiger partial charge is 0.374 e. The molecule has 2 nitrogen and oxygen atoms in total. The van der Waals surface area contributed by atoms with Crippen LogP contribution in [0.4, 0.5) is 0 Å². The molecule has 1 atom stereocenters. The van der Waals surface area contributed by atoms with Gasteiger partial charge in [-0.3, -0.25) is 4.79 Å². The van der Waals surface area contributed by atoms with Gasteiger partial charge in [-0.2, -0.15) is 0 Å². The standard InChI is InChI=1S/C18H36O2/c1-4-6-7-8-9-10-11-12-13-14-16-17(19)18(20-3)15-5-2/h18H,4-16H2,1-3H3. The Morgan fingerprint density at radius 1 is 0.800 bits per heavy atom. The van der Waals surface area contributed by atoms with Gasteiger partial charge in [-0.25, -0.2) is 0 Å². The van der Waals surface area contributed by atoms with Gasteiger partial charge in [0, 0.05) is 13.5 Å². The van der Waals surface area contributed by atoms with Crippen LogP contribution in [-0.2, 0) is 9.53 Å². The van der Waals surface area contributed by atoms with Crippen LogP contribution in [0.25, 0.3) is 0 Å². The second kappa shape index (κ2) is 15.0. The molecule has 2 heteroatoms. The molecule has 120 valence electrons. The Morgan fingerprint density at radius 3 is 1.75 bits per heavy atom. The van der Waals surface area contributed by atoms with Crippen LogP contribution in [0.5, 0.6) is 0 Å². The first-order valence-corrected chi connectivity index (χ1v) is 8.81. The zero-order chi connectivity index (χ0) is 15.1. The number of carbonyl (C=O) groups is 1. The summed E-state index contributed by atoms with van der Waals surface area (Å²) in [5, 5.41) is 0. The van der Waals surface area contributed by atoms with Gasteiger partial charge in [-0.15, -0.1) is 0 Å². The van der Waals surface area contributed by atoms with Crippen LogP contribution in [0, 0.1) is 0 Å². The number of hydrogen-bond acceptors (Lipinski definition) is 2. The molecule has 0 spiro atoms. The van der Waals surface area contributed by atoms with E-state index in [9.17, 15) is 4.79 Å². The highest BCUT2D eigenvalue weighted by Crippen LogP contribution is 2.13. The number of ether oxygens (including phenoxy) is 1. The highest BCUT2D eigenvalue weighted by atomic mass is 16.5. The van der Waals surface area contributed by atoms with E-state index in [0.29, 0.717) is 12.2 Å². The van der Waals surface area contributed by atoms with Crippen molar-refractivity contribution in [1.29, 1.82) is 0 Å². The van der Waals surface area contributed by atoms with E-state index in [1.54, 1.807) is 7.11 Å². The Morgan fingerprint density at radius 2 is 1.30 bits per heavy atom. The maximum atomic E-state index is 11.9. The third kappa shape index (κ3) is 11.5. The number of rotatable bonds is 15. The fraction of sp³-hybridized carbons (Fsp3) is 0.944. The molecule has 0 aromatic heterocycles. The Hall–Kier alpha value is -0.370. The summed E-state index contributed by atoms with van der Waals surface area (Å²) in [5.41, 5.74) is 0. The smallest absolute Gasteiger partial charge is 0.161 e. The van der Waals surface area contributed by atoms with Crippen LogP contribution in [0.15, 0.2) is 0 Å². The number of unbranched alkanes of at least 4 members (excludes halogenated alkanes) is 9. The van der Waals surface area contributed by atoms with Crippen LogP contribution in [-0.4, -0.2) is 19.0 Å². The van der Waals surface area contributed by atoms with Gasteiger partial charge < -0.3 is 4.74 Å². The average Bonchev–Trinajstić information content (AvgIpc) is 2.46. The van der Waals surface area contributed by atoms with Crippen molar-refractivity contribution in [3.8, 4) is 0 Å². The van der Waals surface area contributed by atoms with E-state index >= 15 is 0 Å². The maximum Gasteiger partial charge on any atom is 0.161 e. The summed E-state index contributed by atoms with van der Waals surface area (Å²) >= 11 is 0. The van der Waals surface area contributed by atoms with Gasteiger partial charge in [0.1, 0.15) is 6.10 Å². The fourth-order valence-corrected chi connectivity index (χ4v) is 2.62. The summed E-state index contributed by atoms with van der Waals surface area (Å²) in [6.45, 7) is 4.36. The van der Waals surface area contributed by atoms with Crippen molar-refractivity contribution in [2.75, 3.05) is 7.11 Å². The molecule has 0 rings (SSSR count). The molecule has 0 N–H and O–H groups in total. The van der Waals surface area contributed by atoms with Crippen LogP contribution in [0.1, 0.15) is 97.3 Å². The Labute approximate surface area is 126 Å². The van der Waals surface area contributed by atoms with Gasteiger partial charge in [0.2, 0.25) is 0 Å². The van der Waals surface area contributed by atoms with E-state index in [1.807, 2.05) is 0 Å². The van der Waals surface area contributed by atoms with Gasteiger partial charge in [-0.1, -0.05) is 78.1 Å². The third-order valence-electron chi connectivity index (χ3n) is 3.97. The van der Waals surface area contributed by atoms with Crippen LogP contribution in [0.2, 0.25) is 0 Å². The van der Waals surface area contributed by atoms with E-state index < -0.39 is 0 Å². The molecule has 1 unspecified atom stereocenters. The predicted molar refractivity (Wildman–Crippen MR) is 87.2 cm³/mol. The maximum absolute atomic E-state index is 11.9. The SMILES string of the molecule is CCCCCCCCCCCCC(=O)C(CCC)OC. The summed E-state index contributed by atoms with van der Waals surface area (Å²) in [6.07, 6.45) is 15.6. The molecule has 0 heterocycles. The monoisotopic (exact) mass is 284 g/mol. The highest BCUT2D eigenvalue weighted by molar-refractivity contribution is 5.82. The fourth-order valence-electron chi connectivity index (χ4n) is 2.62. The van der Waals surface area contributed by atoms with Crippen molar-refractivity contribution in [2.45, 2.75) is 103 Å². The third-order valence-corrected chi connectivity index (χ3v) is 3.97. The molecule has 0 saturated carbocycles. The van der Waals surface area contributed by atoms with Crippen molar-refractivity contribution in [2.24, 2.45) is 0 Å². The predicted octanol–water partition coefficient (Wildman–Crippen LogP) is 5.68. The first kappa shape index (κ1) is 19.6. The first-order valence-electron chi connectivity index (χ1n) is 8.81. The van der Waals surface area contributed by atoms with E-state index in [2.05, 4.69) is 13.8 Å². The van der Waals surface area contributed by atoms with E-state index in [1.165, 1.54) is 57.8 Å². The molecule has 0 aromatic rings. The number of hydrogen-bond donors (Lipinski definition) is 0. The minimum absolute atomic E-state index is 0.154. The van der Waals surface area contributed by atoms with Crippen LogP contribution < -0.4 is 0 Å². The summed E-state index contributed by atoms with van der Waals surface area (Å²) in [7, 11) is 1.65. The molecule has 0 saturated heterocycles. The van der Waals surface area contributed by atoms with Gasteiger partial charge in [0.05, 0.1) is 0 Å². The molecule has 0 bridgehead atoms. The lowest BCUT2D eigenvalue weighted by atomic mass is 10.0. The molecular weight excluding hydrogens is 248 g/mol. The van der Waals surface area contributed by atoms with Crippen molar-refractivity contribution < 1.29 is 9.53 Å². The quantitative estimate of drug-likeness (QED) is 0.361. The lowest BCUT2D eigenvalue weighted by Gasteiger charge is -2.12. The lowest BCUT2D eigenvalue weighted by Crippen LogP contribution is -2.22. The van der Waals surface area contributed by atoms with Gasteiger partial charge in [0.25, 0.3) is 0 Å². The topological polar surface area (TPSA) is 26.3 Å². The number of methoxy groups -OCH3 is 1. The van der Waals surface area contributed by atoms with Gasteiger partial charge in [0.15, 0.2) is 5.78 Å². The lowest BCUT2D eigenvalue weighted by molar-refractivity contribution is -0.129. The van der Waals surface area contributed by atoms with Crippen molar-refractivity contribution in [1.82, 2.24) is 0 Å². The minimum atomic E-state index is -0.154. The highest BCUT2D eigenvalue weighted by Gasteiger charge is 2.15. The number of ketones is 1. The van der Waals surface area contributed by atoms with Gasteiger partial charge in [-0.05, 0) is 12.8 Å². The van der Waals surface area contributed by atoms with Crippen molar-refractivity contribution >= 4 is 5.78 Å². The zero-order valence-corrected chi connectivity index (χ0v) is 14.1. The molecule has 0 fully saturated rings. The first-order chi connectivity index (χ1) is 9.76. The zero-order valence-electron chi connectivity index (χ0n) is 14.1. The minimum Gasteiger partial charge on any atom is -0.374 e. The molecule has 0 radical (unpaired) electrons. The van der Waals surface area contributed by atoms with Gasteiger partial charge >= 0.3 is 0 Å². The van der Waals surface area contributed by atoms with Crippen molar-refractivity contribution in [3.05, 3.63) is 0 Å². The van der Waals surface area contributed by atoms with Crippen LogP contribution in [0.3, 0.4) is 0 Å². The summed E-state index contributed by atoms with van der Waals surface area (Å²) in [5.74, 6) is 0.300. The second-order valence-electron chi connectivity index (χ2n) is 5.91. The summed E-state index contributed by atoms with van der Waals surface area (Å²) < 4.78 is 5.25. The summed E-state index contributed by atoms with van der Waals surface area (Å²) in [6, 6.07) is 0. The summed E-state index contributed by atoms with van der Waals surface area (Å²) in [4.78, 5) is 11.9. The molecular formula is C18H36O2. The molecule has 0 aliphatic carbocycles. The van der Waals surface area contributed by atoms with E-state index in [4.69, 9.17) is 4.74 Å². The van der Waals surface area contributed by atoms with Crippen molar-refractivity contribution in [3.63, 3.8) is 0 Å². The Kier molecular flexibility index (Phi) is 14.7. The number of Topliss-reactive ketones (excluding diaryl/α,β-unsaturated/α-hetero) is 1. The second-order valence-corrected chi connectivity index (χ2v) is 5.91. The van der Waals surface area contributed by atoms with E-state index in [-0.39, 0.29) is 6.10 Å². The molecule has 0 aliphatic heterocycles. The average molecular weight is 284 g/mol. The molecule has 0 aromatic carbocycles. The Bertz CT molecular complexity index is 213. The normalized spacial score (nSPS) is 12.6. The Balaban J connectivity index is 3.32. The molecule has 20 heavy (non-hydrogen) atoms. The van der Waals surface area contributed by atoms with Crippen LogP contribution >= 0.6 is 0 Å². The molecule has 0 aliphatic rings. The number of carbonyl (C=O) groups excluding carboxylic acids is 1. The van der Waals surface area contributed by atoms with E-state index in [0.717, 1.165) is 19.3 Å².